The number of rotatable bonds is 2. The highest BCUT2D eigenvalue weighted by Gasteiger charge is 2.04. The fourth-order valence-corrected chi connectivity index (χ4v) is 2.12. The minimum atomic E-state index is 0.593. The summed E-state index contributed by atoms with van der Waals surface area (Å²) in [5.41, 5.74) is 10.8. The molecular formula is C5H8BrN3S. The number of hydrogen-bond acceptors (Lipinski definition) is 4. The van der Waals surface area contributed by atoms with Crippen molar-refractivity contribution in [2.75, 3.05) is 12.3 Å². The van der Waals surface area contributed by atoms with E-state index in [0.29, 0.717) is 11.7 Å². The standard InChI is InChI=1S/C5H8BrN3S/c6-4-3(1-2-7)10-5(8)9-4/h1-2,7H2,(H2,8,9). The first-order valence-corrected chi connectivity index (χ1v) is 4.45. The molecule has 0 aliphatic heterocycles. The molecule has 0 fully saturated rings. The third-order valence-corrected chi connectivity index (χ3v) is 2.90. The van der Waals surface area contributed by atoms with E-state index in [-0.39, 0.29) is 0 Å². The molecule has 0 saturated heterocycles. The van der Waals surface area contributed by atoms with Gasteiger partial charge >= 0.3 is 0 Å². The average molecular weight is 222 g/mol. The number of aromatic nitrogens is 1. The van der Waals surface area contributed by atoms with E-state index in [1.165, 1.54) is 11.3 Å². The molecule has 0 aromatic carbocycles. The summed E-state index contributed by atoms with van der Waals surface area (Å²) in [6.07, 6.45) is 0.843. The van der Waals surface area contributed by atoms with Crippen molar-refractivity contribution in [1.29, 1.82) is 0 Å². The Labute approximate surface area is 71.6 Å². The highest BCUT2D eigenvalue weighted by molar-refractivity contribution is 9.10. The predicted octanol–water partition coefficient (Wildman–Crippen LogP) is 0.989. The predicted molar refractivity (Wildman–Crippen MR) is 47.0 cm³/mol. The van der Waals surface area contributed by atoms with E-state index < -0.39 is 0 Å². The van der Waals surface area contributed by atoms with Crippen molar-refractivity contribution in [2.45, 2.75) is 6.42 Å². The molecule has 0 unspecified atom stereocenters. The summed E-state index contributed by atoms with van der Waals surface area (Å²) in [6, 6.07) is 0. The van der Waals surface area contributed by atoms with E-state index in [2.05, 4.69) is 20.9 Å². The maximum Gasteiger partial charge on any atom is 0.181 e. The van der Waals surface area contributed by atoms with Crippen LogP contribution in [0.4, 0.5) is 5.13 Å². The molecule has 0 aliphatic carbocycles. The Balaban J connectivity index is 2.81. The van der Waals surface area contributed by atoms with E-state index in [4.69, 9.17) is 11.5 Å². The van der Waals surface area contributed by atoms with Crippen molar-refractivity contribution < 1.29 is 0 Å². The van der Waals surface area contributed by atoms with Crippen LogP contribution in [0.15, 0.2) is 4.60 Å². The van der Waals surface area contributed by atoms with Gasteiger partial charge in [-0.1, -0.05) is 0 Å². The van der Waals surface area contributed by atoms with Gasteiger partial charge in [0.15, 0.2) is 5.13 Å². The minimum Gasteiger partial charge on any atom is -0.375 e. The number of halogens is 1. The first-order chi connectivity index (χ1) is 4.74. The Morgan fingerprint density at radius 3 is 2.70 bits per heavy atom. The van der Waals surface area contributed by atoms with Gasteiger partial charge in [-0.25, -0.2) is 4.98 Å². The van der Waals surface area contributed by atoms with Crippen molar-refractivity contribution in [3.05, 3.63) is 9.48 Å². The smallest absolute Gasteiger partial charge is 0.181 e. The molecular weight excluding hydrogens is 214 g/mol. The topological polar surface area (TPSA) is 64.9 Å². The van der Waals surface area contributed by atoms with E-state index in [0.717, 1.165) is 15.9 Å². The summed E-state index contributed by atoms with van der Waals surface area (Å²) in [4.78, 5) is 5.11. The summed E-state index contributed by atoms with van der Waals surface area (Å²) < 4.78 is 0.834. The first-order valence-electron chi connectivity index (χ1n) is 2.84. The fourth-order valence-electron chi connectivity index (χ4n) is 0.636. The fraction of sp³-hybridized carbons (Fsp3) is 0.400. The second kappa shape index (κ2) is 3.32. The Morgan fingerprint density at radius 1 is 1.60 bits per heavy atom. The molecule has 1 aromatic rings. The first kappa shape index (κ1) is 7.97. The SMILES string of the molecule is NCCc1sc(N)nc1Br. The van der Waals surface area contributed by atoms with Gasteiger partial charge in [0.25, 0.3) is 0 Å². The monoisotopic (exact) mass is 221 g/mol. The molecule has 4 N–H and O–H groups in total. The van der Waals surface area contributed by atoms with Crippen molar-refractivity contribution in [3.8, 4) is 0 Å². The zero-order valence-corrected chi connectivity index (χ0v) is 7.70. The van der Waals surface area contributed by atoms with Crippen molar-refractivity contribution in [3.63, 3.8) is 0 Å². The molecule has 0 bridgehead atoms. The Kier molecular flexibility index (Phi) is 2.64. The van der Waals surface area contributed by atoms with Crippen LogP contribution in [0.3, 0.4) is 0 Å². The van der Waals surface area contributed by atoms with Crippen LogP contribution in [0, 0.1) is 0 Å². The molecule has 56 valence electrons. The quantitative estimate of drug-likeness (QED) is 0.784. The number of anilines is 1. The molecule has 3 nitrogen and oxygen atoms in total. The molecule has 0 amide bonds. The van der Waals surface area contributed by atoms with Gasteiger partial charge < -0.3 is 11.5 Å². The largest absolute Gasteiger partial charge is 0.375 e. The van der Waals surface area contributed by atoms with Gasteiger partial charge in [-0.05, 0) is 28.9 Å². The normalized spacial score (nSPS) is 10.2. The Morgan fingerprint density at radius 2 is 2.30 bits per heavy atom. The Hall–Kier alpha value is -0.130. The highest BCUT2D eigenvalue weighted by Crippen LogP contribution is 2.24. The minimum absolute atomic E-state index is 0.593. The lowest BCUT2D eigenvalue weighted by molar-refractivity contribution is 0.978. The van der Waals surface area contributed by atoms with Gasteiger partial charge in [0.1, 0.15) is 4.60 Å². The molecule has 0 radical (unpaired) electrons. The van der Waals surface area contributed by atoms with Gasteiger partial charge in [0.05, 0.1) is 0 Å². The van der Waals surface area contributed by atoms with Gasteiger partial charge in [0, 0.05) is 4.88 Å². The van der Waals surface area contributed by atoms with Crippen molar-refractivity contribution >= 4 is 32.4 Å². The number of hydrogen-bond donors (Lipinski definition) is 2. The van der Waals surface area contributed by atoms with E-state index in [1.807, 2.05) is 0 Å². The lowest BCUT2D eigenvalue weighted by Gasteiger charge is -1.89. The molecule has 5 heteroatoms. The molecule has 0 atom stereocenters. The van der Waals surface area contributed by atoms with Crippen molar-refractivity contribution in [1.82, 2.24) is 4.98 Å². The molecule has 0 saturated carbocycles. The molecule has 1 aromatic heterocycles. The molecule has 0 spiro atoms. The van der Waals surface area contributed by atoms with E-state index in [1.54, 1.807) is 0 Å². The number of nitrogens with two attached hydrogens (primary N) is 2. The van der Waals surface area contributed by atoms with Crippen LogP contribution >= 0.6 is 27.3 Å². The second-order valence-electron chi connectivity index (χ2n) is 1.80. The van der Waals surface area contributed by atoms with Gasteiger partial charge in [0.2, 0.25) is 0 Å². The molecule has 1 heterocycles. The maximum absolute atomic E-state index is 5.45. The number of nitrogens with zero attached hydrogens (tertiary/aromatic N) is 1. The third kappa shape index (κ3) is 1.68. The maximum atomic E-state index is 5.45. The molecule has 10 heavy (non-hydrogen) atoms. The summed E-state index contributed by atoms with van der Waals surface area (Å²) in [5.74, 6) is 0. The van der Waals surface area contributed by atoms with E-state index >= 15 is 0 Å². The lowest BCUT2D eigenvalue weighted by Crippen LogP contribution is -2.01. The van der Waals surface area contributed by atoms with Gasteiger partial charge in [-0.15, -0.1) is 11.3 Å². The zero-order chi connectivity index (χ0) is 7.56. The zero-order valence-electron chi connectivity index (χ0n) is 5.30. The summed E-state index contributed by atoms with van der Waals surface area (Å²) in [5, 5.41) is 0.593. The van der Waals surface area contributed by atoms with Crippen molar-refractivity contribution in [2.24, 2.45) is 5.73 Å². The second-order valence-corrected chi connectivity index (χ2v) is 3.67. The number of nitrogen functional groups attached to an aromatic ring is 1. The Bertz CT molecular complexity index is 223. The lowest BCUT2D eigenvalue weighted by atomic mass is 10.4. The van der Waals surface area contributed by atoms with Crippen LogP contribution in [-0.2, 0) is 6.42 Å². The van der Waals surface area contributed by atoms with Crippen LogP contribution < -0.4 is 11.5 Å². The van der Waals surface area contributed by atoms with Crippen LogP contribution in [-0.4, -0.2) is 11.5 Å². The molecule has 1 rings (SSSR count). The summed E-state index contributed by atoms with van der Waals surface area (Å²) >= 11 is 4.76. The summed E-state index contributed by atoms with van der Waals surface area (Å²) in [7, 11) is 0. The van der Waals surface area contributed by atoms with Gasteiger partial charge in [-0.3, -0.25) is 0 Å². The van der Waals surface area contributed by atoms with E-state index in [9.17, 15) is 0 Å². The average Bonchev–Trinajstić information content (AvgIpc) is 2.13. The van der Waals surface area contributed by atoms with Gasteiger partial charge in [-0.2, -0.15) is 0 Å². The van der Waals surface area contributed by atoms with Crippen LogP contribution in [0.25, 0.3) is 0 Å². The number of thiazole rings is 1. The van der Waals surface area contributed by atoms with Crippen LogP contribution in [0.5, 0.6) is 0 Å². The molecule has 0 aliphatic rings. The van der Waals surface area contributed by atoms with Crippen LogP contribution in [0.2, 0.25) is 0 Å². The highest BCUT2D eigenvalue weighted by atomic mass is 79.9. The summed E-state index contributed by atoms with van der Waals surface area (Å²) in [6.45, 7) is 0.639. The van der Waals surface area contributed by atoms with Crippen LogP contribution in [0.1, 0.15) is 4.88 Å². The third-order valence-electron chi connectivity index (χ3n) is 1.04.